The van der Waals surface area contributed by atoms with E-state index in [1.807, 2.05) is 0 Å². The van der Waals surface area contributed by atoms with Gasteiger partial charge in [0.15, 0.2) is 6.10 Å². The zero-order chi connectivity index (χ0) is 14.6. The van der Waals surface area contributed by atoms with Crippen molar-refractivity contribution in [2.45, 2.75) is 6.10 Å². The third-order valence-corrected chi connectivity index (χ3v) is 2.46. The summed E-state index contributed by atoms with van der Waals surface area (Å²) in [4.78, 5) is 31.7. The normalized spacial score (nSPS) is 11.7. The molecule has 102 valence electrons. The number of nitro benzene ring substituents is 1. The van der Waals surface area contributed by atoms with Gasteiger partial charge in [-0.3, -0.25) is 14.9 Å². The Morgan fingerprint density at radius 2 is 2.11 bits per heavy atom. The highest BCUT2D eigenvalue weighted by atomic mass is 35.5. The van der Waals surface area contributed by atoms with Gasteiger partial charge in [0, 0.05) is 12.1 Å². The molecule has 0 fully saturated rings. The molecule has 1 unspecified atom stereocenters. The summed E-state index contributed by atoms with van der Waals surface area (Å²) in [6.07, 6.45) is -1.74. The van der Waals surface area contributed by atoms with Crippen molar-refractivity contribution < 1.29 is 24.7 Å². The lowest BCUT2D eigenvalue weighted by molar-refractivity contribution is -0.384. The molecule has 8 nitrogen and oxygen atoms in total. The van der Waals surface area contributed by atoms with Crippen LogP contribution in [0.25, 0.3) is 0 Å². The highest BCUT2D eigenvalue weighted by Gasteiger charge is 2.18. The summed E-state index contributed by atoms with van der Waals surface area (Å²) in [6.45, 7) is -0.499. The number of aliphatic carboxylic acids is 1. The molecule has 19 heavy (non-hydrogen) atoms. The summed E-state index contributed by atoms with van der Waals surface area (Å²) in [5.74, 6) is -2.21. The monoisotopic (exact) mass is 288 g/mol. The molecule has 0 aliphatic carbocycles. The Morgan fingerprint density at radius 3 is 2.58 bits per heavy atom. The van der Waals surface area contributed by atoms with Crippen molar-refractivity contribution in [3.8, 4) is 0 Å². The number of carboxylic acids is 1. The Hall–Kier alpha value is -2.19. The number of nitro groups is 1. The van der Waals surface area contributed by atoms with Gasteiger partial charge in [0.25, 0.3) is 11.6 Å². The predicted molar refractivity (Wildman–Crippen MR) is 64.1 cm³/mol. The lowest BCUT2D eigenvalue weighted by Gasteiger charge is -2.08. The molecule has 0 bridgehead atoms. The largest absolute Gasteiger partial charge is 0.479 e. The summed E-state index contributed by atoms with van der Waals surface area (Å²) >= 11 is 5.70. The first-order valence-electron chi connectivity index (χ1n) is 4.96. The molecule has 9 heteroatoms. The van der Waals surface area contributed by atoms with Gasteiger partial charge < -0.3 is 15.5 Å². The second-order valence-electron chi connectivity index (χ2n) is 3.49. The highest BCUT2D eigenvalue weighted by molar-refractivity contribution is 6.34. The number of aliphatic hydroxyl groups excluding tert-OH is 1. The molecule has 1 rings (SSSR count). The van der Waals surface area contributed by atoms with Crippen LogP contribution in [0.15, 0.2) is 18.2 Å². The molecule has 0 saturated carbocycles. The molecular weight excluding hydrogens is 280 g/mol. The van der Waals surface area contributed by atoms with E-state index in [0.717, 1.165) is 18.2 Å². The number of hydrogen-bond acceptors (Lipinski definition) is 5. The number of benzene rings is 1. The first-order chi connectivity index (χ1) is 8.82. The van der Waals surface area contributed by atoms with Gasteiger partial charge in [-0.25, -0.2) is 4.79 Å². The van der Waals surface area contributed by atoms with Crippen LogP contribution in [0.2, 0.25) is 5.02 Å². The molecule has 1 amide bonds. The highest BCUT2D eigenvalue weighted by Crippen LogP contribution is 2.22. The third-order valence-electron chi connectivity index (χ3n) is 2.15. The zero-order valence-electron chi connectivity index (χ0n) is 9.37. The Kier molecular flexibility index (Phi) is 4.79. The maximum atomic E-state index is 11.6. The molecular formula is C10H9ClN2O6. The van der Waals surface area contributed by atoms with Gasteiger partial charge in [0.1, 0.15) is 0 Å². The topological polar surface area (TPSA) is 130 Å². The van der Waals surface area contributed by atoms with Crippen molar-refractivity contribution in [3.63, 3.8) is 0 Å². The molecule has 1 aromatic carbocycles. The number of carboxylic acid groups (broad SMARTS) is 1. The maximum absolute atomic E-state index is 11.6. The van der Waals surface area contributed by atoms with Gasteiger partial charge in [-0.2, -0.15) is 0 Å². The quantitative estimate of drug-likeness (QED) is 0.532. The fourth-order valence-corrected chi connectivity index (χ4v) is 1.43. The molecule has 1 atom stereocenters. The number of rotatable bonds is 5. The van der Waals surface area contributed by atoms with E-state index >= 15 is 0 Å². The summed E-state index contributed by atoms with van der Waals surface area (Å²) in [5.41, 5.74) is -0.322. The van der Waals surface area contributed by atoms with Gasteiger partial charge in [0.2, 0.25) is 0 Å². The van der Waals surface area contributed by atoms with Gasteiger partial charge in [-0.15, -0.1) is 0 Å². The lowest BCUT2D eigenvalue weighted by Crippen LogP contribution is -2.36. The molecule has 0 heterocycles. The van der Waals surface area contributed by atoms with Crippen LogP contribution in [0.3, 0.4) is 0 Å². The van der Waals surface area contributed by atoms with E-state index in [2.05, 4.69) is 5.32 Å². The Morgan fingerprint density at radius 1 is 1.47 bits per heavy atom. The number of carbonyl (C=O) groups excluding carboxylic acids is 1. The van der Waals surface area contributed by atoms with Crippen molar-refractivity contribution in [1.29, 1.82) is 0 Å². The van der Waals surface area contributed by atoms with E-state index in [1.165, 1.54) is 0 Å². The Labute approximate surface area is 111 Å². The molecule has 0 radical (unpaired) electrons. The summed E-state index contributed by atoms with van der Waals surface area (Å²) in [6, 6.07) is 3.24. The molecule has 0 aromatic heterocycles. The van der Waals surface area contributed by atoms with E-state index in [4.69, 9.17) is 21.8 Å². The van der Waals surface area contributed by atoms with Gasteiger partial charge in [-0.05, 0) is 6.07 Å². The Balaban J connectivity index is 2.78. The van der Waals surface area contributed by atoms with Crippen molar-refractivity contribution in [1.82, 2.24) is 5.32 Å². The number of aliphatic hydroxyl groups is 1. The molecule has 3 N–H and O–H groups in total. The average Bonchev–Trinajstić information content (AvgIpc) is 2.34. The minimum atomic E-state index is -1.74. The van der Waals surface area contributed by atoms with Crippen LogP contribution in [0.5, 0.6) is 0 Å². The van der Waals surface area contributed by atoms with E-state index in [1.54, 1.807) is 0 Å². The van der Waals surface area contributed by atoms with Crippen LogP contribution in [-0.2, 0) is 4.79 Å². The number of nitrogens with zero attached hydrogens (tertiary/aromatic N) is 1. The van der Waals surface area contributed by atoms with Crippen LogP contribution in [0.1, 0.15) is 10.4 Å². The fourth-order valence-electron chi connectivity index (χ4n) is 1.17. The smallest absolute Gasteiger partial charge is 0.334 e. The molecule has 1 aromatic rings. The van der Waals surface area contributed by atoms with Crippen molar-refractivity contribution in [2.75, 3.05) is 6.54 Å². The van der Waals surface area contributed by atoms with Crippen molar-refractivity contribution in [2.24, 2.45) is 0 Å². The lowest BCUT2D eigenvalue weighted by atomic mass is 10.2. The van der Waals surface area contributed by atoms with Crippen LogP contribution >= 0.6 is 11.6 Å². The number of carbonyl (C=O) groups is 2. The second-order valence-corrected chi connectivity index (χ2v) is 3.89. The third kappa shape index (κ3) is 3.90. The predicted octanol–water partition coefficient (Wildman–Crippen LogP) is 0.424. The number of hydrogen-bond donors (Lipinski definition) is 3. The Bertz CT molecular complexity index is 533. The molecule has 0 aliphatic heterocycles. The molecule has 0 spiro atoms. The van der Waals surface area contributed by atoms with Crippen LogP contribution < -0.4 is 5.32 Å². The van der Waals surface area contributed by atoms with E-state index in [-0.39, 0.29) is 16.3 Å². The number of halogens is 1. The minimum absolute atomic E-state index is 0.0511. The molecule has 0 saturated heterocycles. The van der Waals surface area contributed by atoms with E-state index in [9.17, 15) is 19.7 Å². The van der Waals surface area contributed by atoms with Crippen LogP contribution in [-0.4, -0.2) is 39.7 Å². The number of amides is 1. The number of nitrogens with one attached hydrogen (secondary N) is 1. The summed E-state index contributed by atoms with van der Waals surface area (Å²) in [7, 11) is 0. The SMILES string of the molecule is O=C(NCC(O)C(=O)O)c1ccc([N+](=O)[O-])cc1Cl. The van der Waals surface area contributed by atoms with Crippen molar-refractivity contribution >= 4 is 29.2 Å². The molecule has 0 aliphatic rings. The van der Waals surface area contributed by atoms with Crippen molar-refractivity contribution in [3.05, 3.63) is 38.9 Å². The maximum Gasteiger partial charge on any atom is 0.334 e. The van der Waals surface area contributed by atoms with E-state index < -0.39 is 29.4 Å². The standard InChI is InChI=1S/C10H9ClN2O6/c11-7-3-5(13(18)19)1-2-6(7)9(15)12-4-8(14)10(16)17/h1-3,8,14H,4H2,(H,12,15)(H,16,17). The first kappa shape index (κ1) is 14.9. The number of non-ortho nitro benzene ring substituents is 1. The first-order valence-corrected chi connectivity index (χ1v) is 5.33. The minimum Gasteiger partial charge on any atom is -0.479 e. The second kappa shape index (κ2) is 6.12. The van der Waals surface area contributed by atoms with Crippen LogP contribution in [0.4, 0.5) is 5.69 Å². The summed E-state index contributed by atoms with van der Waals surface area (Å²) < 4.78 is 0. The summed E-state index contributed by atoms with van der Waals surface area (Å²) in [5, 5.41) is 29.9. The fraction of sp³-hybridized carbons (Fsp3) is 0.200. The average molecular weight is 289 g/mol. The zero-order valence-corrected chi connectivity index (χ0v) is 10.1. The van der Waals surface area contributed by atoms with Gasteiger partial charge >= 0.3 is 5.97 Å². The van der Waals surface area contributed by atoms with Gasteiger partial charge in [0.05, 0.1) is 22.1 Å². The van der Waals surface area contributed by atoms with Crippen LogP contribution in [0, 0.1) is 10.1 Å². The van der Waals surface area contributed by atoms with Gasteiger partial charge in [-0.1, -0.05) is 11.6 Å². The van der Waals surface area contributed by atoms with E-state index in [0.29, 0.717) is 0 Å².